The minimum atomic E-state index is -0.500. The summed E-state index contributed by atoms with van der Waals surface area (Å²) in [5.74, 6) is 0.474. The molecule has 0 spiro atoms. The zero-order valence-corrected chi connectivity index (χ0v) is 16.3. The summed E-state index contributed by atoms with van der Waals surface area (Å²) >= 11 is 1.28. The fourth-order valence-corrected chi connectivity index (χ4v) is 3.89. The van der Waals surface area contributed by atoms with E-state index in [9.17, 15) is 9.59 Å². The highest BCUT2D eigenvalue weighted by Gasteiger charge is 2.21. The van der Waals surface area contributed by atoms with E-state index in [-0.39, 0.29) is 12.7 Å². The molecule has 3 aromatic rings. The molecule has 0 bridgehead atoms. The van der Waals surface area contributed by atoms with E-state index < -0.39 is 5.97 Å². The van der Waals surface area contributed by atoms with Crippen molar-refractivity contribution in [3.8, 4) is 22.6 Å². The molecular weight excluding hydrogens is 390 g/mol. The van der Waals surface area contributed by atoms with Crippen molar-refractivity contribution in [2.45, 2.75) is 0 Å². The highest BCUT2D eigenvalue weighted by Crippen LogP contribution is 2.36. The van der Waals surface area contributed by atoms with E-state index in [2.05, 4.69) is 5.32 Å². The smallest absolute Gasteiger partial charge is 0.341 e. The third kappa shape index (κ3) is 4.00. The average molecular weight is 407 g/mol. The molecule has 1 aliphatic heterocycles. The molecule has 0 unspecified atom stereocenters. The quantitative estimate of drug-likeness (QED) is 0.495. The molecule has 0 fully saturated rings. The minimum absolute atomic E-state index is 0.196. The Labute approximate surface area is 171 Å². The number of esters is 1. The van der Waals surface area contributed by atoms with Crippen molar-refractivity contribution >= 4 is 34.3 Å². The number of fused-ring (bicyclic) bond motifs is 1. The van der Waals surface area contributed by atoms with Crippen LogP contribution in [0.5, 0.6) is 11.5 Å². The largest absolute Gasteiger partial charge is 0.465 e. The van der Waals surface area contributed by atoms with Gasteiger partial charge >= 0.3 is 5.97 Å². The molecule has 7 heteroatoms. The average Bonchev–Trinajstić information content (AvgIpc) is 3.39. The maximum Gasteiger partial charge on any atom is 0.341 e. The van der Waals surface area contributed by atoms with Crippen LogP contribution in [0.25, 0.3) is 17.2 Å². The van der Waals surface area contributed by atoms with Gasteiger partial charge in [-0.1, -0.05) is 36.4 Å². The number of amides is 1. The third-order valence-corrected chi connectivity index (χ3v) is 5.22. The second-order valence-electron chi connectivity index (χ2n) is 6.15. The number of hydrogen-bond acceptors (Lipinski definition) is 6. The summed E-state index contributed by atoms with van der Waals surface area (Å²) < 4.78 is 15.5. The molecule has 0 saturated heterocycles. The molecule has 29 heavy (non-hydrogen) atoms. The number of benzene rings is 2. The molecule has 1 amide bonds. The number of thiophene rings is 1. The van der Waals surface area contributed by atoms with Gasteiger partial charge in [-0.15, -0.1) is 11.3 Å². The summed E-state index contributed by atoms with van der Waals surface area (Å²) in [5, 5.41) is 5.05. The molecule has 2 heterocycles. The van der Waals surface area contributed by atoms with Crippen LogP contribution in [-0.4, -0.2) is 25.8 Å². The molecule has 1 aromatic heterocycles. The van der Waals surface area contributed by atoms with Gasteiger partial charge in [0.25, 0.3) is 0 Å². The van der Waals surface area contributed by atoms with Crippen LogP contribution in [-0.2, 0) is 9.53 Å². The Hall–Kier alpha value is -3.58. The van der Waals surface area contributed by atoms with Gasteiger partial charge in [-0.3, -0.25) is 4.79 Å². The van der Waals surface area contributed by atoms with Crippen molar-refractivity contribution in [2.24, 2.45) is 0 Å². The number of anilines is 1. The molecular formula is C22H17NO5S. The predicted octanol–water partition coefficient (Wildman–Crippen LogP) is 4.58. The van der Waals surface area contributed by atoms with Gasteiger partial charge in [0.15, 0.2) is 11.5 Å². The first-order valence-electron chi connectivity index (χ1n) is 8.79. The first-order chi connectivity index (χ1) is 14.2. The molecule has 0 aliphatic carbocycles. The number of hydrogen-bond donors (Lipinski definition) is 1. The zero-order valence-electron chi connectivity index (χ0n) is 15.5. The topological polar surface area (TPSA) is 73.9 Å². The first-order valence-corrected chi connectivity index (χ1v) is 9.67. The normalized spacial score (nSPS) is 12.2. The number of nitrogens with one attached hydrogen (secondary N) is 1. The predicted molar refractivity (Wildman–Crippen MR) is 111 cm³/mol. The maximum atomic E-state index is 12.4. The Morgan fingerprint density at radius 2 is 1.90 bits per heavy atom. The minimum Gasteiger partial charge on any atom is -0.465 e. The van der Waals surface area contributed by atoms with E-state index in [0.717, 1.165) is 16.7 Å². The molecule has 0 atom stereocenters. The van der Waals surface area contributed by atoms with Crippen LogP contribution in [0, 0.1) is 0 Å². The Kier molecular flexibility index (Phi) is 5.31. The van der Waals surface area contributed by atoms with E-state index >= 15 is 0 Å². The lowest BCUT2D eigenvalue weighted by Crippen LogP contribution is -2.11. The molecule has 0 radical (unpaired) electrons. The van der Waals surface area contributed by atoms with E-state index in [1.54, 1.807) is 18.2 Å². The Morgan fingerprint density at radius 1 is 1.10 bits per heavy atom. The Balaban J connectivity index is 1.55. The summed E-state index contributed by atoms with van der Waals surface area (Å²) in [5.41, 5.74) is 2.74. The van der Waals surface area contributed by atoms with E-state index in [1.807, 2.05) is 41.8 Å². The molecule has 2 aromatic carbocycles. The monoisotopic (exact) mass is 407 g/mol. The number of rotatable bonds is 5. The summed E-state index contributed by atoms with van der Waals surface area (Å²) in [7, 11) is 1.32. The van der Waals surface area contributed by atoms with Gasteiger partial charge in [0, 0.05) is 17.0 Å². The second-order valence-corrected chi connectivity index (χ2v) is 7.03. The van der Waals surface area contributed by atoms with Gasteiger partial charge in [-0.25, -0.2) is 4.79 Å². The van der Waals surface area contributed by atoms with Crippen molar-refractivity contribution in [1.29, 1.82) is 0 Å². The van der Waals surface area contributed by atoms with Gasteiger partial charge in [0.1, 0.15) is 10.6 Å². The van der Waals surface area contributed by atoms with Gasteiger partial charge in [-0.05, 0) is 29.3 Å². The van der Waals surface area contributed by atoms with Crippen LogP contribution < -0.4 is 14.8 Å². The number of ether oxygens (including phenoxy) is 3. The lowest BCUT2D eigenvalue weighted by Gasteiger charge is -2.06. The van der Waals surface area contributed by atoms with E-state index in [0.29, 0.717) is 22.1 Å². The van der Waals surface area contributed by atoms with Gasteiger partial charge in [0.05, 0.1) is 7.11 Å². The summed E-state index contributed by atoms with van der Waals surface area (Å²) in [4.78, 5) is 24.8. The fraction of sp³-hybridized carbons (Fsp3) is 0.0909. The molecule has 6 nitrogen and oxygen atoms in total. The van der Waals surface area contributed by atoms with Crippen LogP contribution in [0.4, 0.5) is 5.00 Å². The van der Waals surface area contributed by atoms with Crippen molar-refractivity contribution in [2.75, 3.05) is 19.2 Å². The molecule has 1 N–H and O–H groups in total. The number of carbonyl (C=O) groups is 2. The molecule has 1 aliphatic rings. The highest BCUT2D eigenvalue weighted by atomic mass is 32.1. The summed E-state index contributed by atoms with van der Waals surface area (Å²) in [6.45, 7) is 0.196. The summed E-state index contributed by atoms with van der Waals surface area (Å²) in [6.07, 6.45) is 3.07. The number of methoxy groups -OCH3 is 1. The van der Waals surface area contributed by atoms with Gasteiger partial charge in [-0.2, -0.15) is 0 Å². The molecule has 4 rings (SSSR count). The van der Waals surface area contributed by atoms with Crippen LogP contribution in [0.15, 0.2) is 60.0 Å². The van der Waals surface area contributed by atoms with E-state index in [1.165, 1.54) is 24.5 Å². The van der Waals surface area contributed by atoms with Crippen molar-refractivity contribution < 1.29 is 23.8 Å². The van der Waals surface area contributed by atoms with Crippen molar-refractivity contribution in [1.82, 2.24) is 0 Å². The Bertz CT molecular complexity index is 1090. The molecule has 0 saturated carbocycles. The SMILES string of the molecule is COC(=O)c1c(-c2ccccc2)csc1NC(=O)/C=C/c1ccc2c(c1)OCO2. The summed E-state index contributed by atoms with van der Waals surface area (Å²) in [6, 6.07) is 14.9. The van der Waals surface area contributed by atoms with E-state index in [4.69, 9.17) is 14.2 Å². The van der Waals surface area contributed by atoms with Crippen LogP contribution >= 0.6 is 11.3 Å². The fourth-order valence-electron chi connectivity index (χ4n) is 2.93. The van der Waals surface area contributed by atoms with Crippen LogP contribution in [0.3, 0.4) is 0 Å². The lowest BCUT2D eigenvalue weighted by molar-refractivity contribution is -0.111. The standard InChI is InChI=1S/C22H17NO5S/c1-26-22(25)20-16(15-5-3-2-4-6-15)12-29-21(20)23-19(24)10-8-14-7-9-17-18(11-14)28-13-27-17/h2-12H,13H2,1H3,(H,23,24)/b10-8+. The van der Waals surface area contributed by atoms with Crippen LogP contribution in [0.1, 0.15) is 15.9 Å². The maximum absolute atomic E-state index is 12.4. The van der Waals surface area contributed by atoms with Gasteiger partial charge < -0.3 is 19.5 Å². The number of carbonyl (C=O) groups excluding carboxylic acids is 2. The highest BCUT2D eigenvalue weighted by molar-refractivity contribution is 7.15. The first kappa shape index (κ1) is 18.8. The van der Waals surface area contributed by atoms with Crippen molar-refractivity contribution in [3.05, 3.63) is 71.1 Å². The second kappa shape index (κ2) is 8.20. The van der Waals surface area contributed by atoms with Gasteiger partial charge in [0.2, 0.25) is 12.7 Å². The lowest BCUT2D eigenvalue weighted by atomic mass is 10.0. The third-order valence-electron chi connectivity index (χ3n) is 4.33. The molecule has 146 valence electrons. The Morgan fingerprint density at radius 3 is 2.69 bits per heavy atom. The van der Waals surface area contributed by atoms with Crippen LogP contribution in [0.2, 0.25) is 0 Å². The zero-order chi connectivity index (χ0) is 20.2. The van der Waals surface area contributed by atoms with Crippen molar-refractivity contribution in [3.63, 3.8) is 0 Å².